The van der Waals surface area contributed by atoms with Crippen LogP contribution < -0.4 is 10.6 Å². The summed E-state index contributed by atoms with van der Waals surface area (Å²) in [6.45, 7) is 9.77. The van der Waals surface area contributed by atoms with Gasteiger partial charge in [-0.1, -0.05) is 42.9 Å². The number of amides is 2. The summed E-state index contributed by atoms with van der Waals surface area (Å²) in [5, 5.41) is 20.6. The topological polar surface area (TPSA) is 109 Å². The molecule has 0 saturated carbocycles. The lowest BCUT2D eigenvalue weighted by Gasteiger charge is -2.19. The lowest BCUT2D eigenvalue weighted by atomic mass is 10.0. The van der Waals surface area contributed by atoms with Gasteiger partial charge in [-0.2, -0.15) is 10.1 Å². The minimum absolute atomic E-state index is 0.156. The number of hydrogen-bond donors (Lipinski definition) is 3. The fraction of sp³-hybridized carbons (Fsp3) is 0.455. The highest BCUT2D eigenvalue weighted by molar-refractivity contribution is 7.22. The van der Waals surface area contributed by atoms with Crippen LogP contribution in [0.25, 0.3) is 10.3 Å². The largest absolute Gasteiger partial charge is 0.394 e. The van der Waals surface area contributed by atoms with Gasteiger partial charge in [0.15, 0.2) is 16.5 Å². The Bertz CT molecular complexity index is 1130. The predicted octanol–water partition coefficient (Wildman–Crippen LogP) is 4.29. The number of fused-ring (bicyclic) bond motifs is 1. The van der Waals surface area contributed by atoms with Gasteiger partial charge in [0.2, 0.25) is 0 Å². The van der Waals surface area contributed by atoms with Gasteiger partial charge in [0.25, 0.3) is 11.8 Å². The van der Waals surface area contributed by atoms with Gasteiger partial charge in [-0.25, -0.2) is 4.68 Å². The van der Waals surface area contributed by atoms with Crippen LogP contribution in [0.3, 0.4) is 0 Å². The van der Waals surface area contributed by atoms with Crippen molar-refractivity contribution >= 4 is 50.2 Å². The molecule has 3 rings (SSSR count). The van der Waals surface area contributed by atoms with Crippen molar-refractivity contribution in [3.05, 3.63) is 40.5 Å². The lowest BCUT2D eigenvalue weighted by molar-refractivity contribution is 0.0903. The quantitative estimate of drug-likeness (QED) is 0.470. The van der Waals surface area contributed by atoms with E-state index in [1.807, 2.05) is 34.6 Å². The maximum Gasteiger partial charge on any atom is 0.273 e. The maximum absolute atomic E-state index is 13.0. The number of nitrogens with one attached hydrogen (secondary N) is 2. The third-order valence-electron chi connectivity index (χ3n) is 4.69. The molecule has 0 aliphatic heterocycles. The van der Waals surface area contributed by atoms with Crippen molar-refractivity contribution in [3.8, 4) is 0 Å². The van der Waals surface area contributed by atoms with E-state index in [-0.39, 0.29) is 30.2 Å². The molecule has 1 atom stereocenters. The van der Waals surface area contributed by atoms with Crippen LogP contribution in [0.2, 0.25) is 5.02 Å². The normalized spacial score (nSPS) is 12.9. The number of thiazole rings is 1. The van der Waals surface area contributed by atoms with E-state index in [0.717, 1.165) is 0 Å². The number of aliphatic hydroxyl groups is 1. The Kier molecular flexibility index (Phi) is 7.22. The van der Waals surface area contributed by atoms with Crippen LogP contribution in [0.1, 0.15) is 61.9 Å². The highest BCUT2D eigenvalue weighted by atomic mass is 35.5. The van der Waals surface area contributed by atoms with Gasteiger partial charge in [0.1, 0.15) is 4.70 Å². The molecule has 0 fully saturated rings. The fourth-order valence-corrected chi connectivity index (χ4v) is 4.39. The molecule has 32 heavy (non-hydrogen) atoms. The van der Waals surface area contributed by atoms with Gasteiger partial charge >= 0.3 is 0 Å². The van der Waals surface area contributed by atoms with Gasteiger partial charge < -0.3 is 10.4 Å². The summed E-state index contributed by atoms with van der Waals surface area (Å²) in [5.74, 6) is -0.409. The Morgan fingerprint density at radius 2 is 1.97 bits per heavy atom. The molecule has 2 aromatic heterocycles. The van der Waals surface area contributed by atoms with Gasteiger partial charge in [0, 0.05) is 10.6 Å². The van der Waals surface area contributed by atoms with Crippen molar-refractivity contribution in [1.29, 1.82) is 0 Å². The van der Waals surface area contributed by atoms with Crippen molar-refractivity contribution in [2.75, 3.05) is 11.9 Å². The number of carbonyl (C=O) groups excluding carboxylic acids is 2. The van der Waals surface area contributed by atoms with Crippen LogP contribution >= 0.6 is 22.9 Å². The second kappa shape index (κ2) is 9.56. The van der Waals surface area contributed by atoms with E-state index in [0.29, 0.717) is 38.4 Å². The summed E-state index contributed by atoms with van der Waals surface area (Å²) >= 11 is 7.17. The van der Waals surface area contributed by atoms with E-state index in [1.165, 1.54) is 11.3 Å². The Morgan fingerprint density at radius 1 is 1.25 bits per heavy atom. The van der Waals surface area contributed by atoms with Gasteiger partial charge in [-0.05, 0) is 51.3 Å². The first kappa shape index (κ1) is 24.2. The number of halogens is 1. The molecular weight excluding hydrogens is 450 g/mol. The number of benzene rings is 1. The smallest absolute Gasteiger partial charge is 0.273 e. The van der Waals surface area contributed by atoms with E-state index in [9.17, 15) is 14.7 Å². The van der Waals surface area contributed by atoms with Gasteiger partial charge in [0.05, 0.1) is 18.2 Å². The van der Waals surface area contributed by atoms with Crippen LogP contribution in [0.5, 0.6) is 0 Å². The van der Waals surface area contributed by atoms with Crippen molar-refractivity contribution in [1.82, 2.24) is 20.1 Å². The predicted molar refractivity (Wildman–Crippen MR) is 128 cm³/mol. The first-order valence-electron chi connectivity index (χ1n) is 10.4. The lowest BCUT2D eigenvalue weighted by Crippen LogP contribution is -2.38. The molecule has 0 spiro atoms. The first-order chi connectivity index (χ1) is 15.0. The van der Waals surface area contributed by atoms with Crippen LogP contribution in [0.15, 0.2) is 24.3 Å². The molecule has 3 aromatic rings. The monoisotopic (exact) mass is 477 g/mol. The SMILES string of the molecule is CC(C)C[C@H](CO)NC(=O)c1nn(C(C)(C)C)c2nc(NC(=O)c3cccc(Cl)c3)sc12. The number of rotatable bonds is 7. The van der Waals surface area contributed by atoms with Crippen molar-refractivity contribution in [2.45, 2.75) is 52.6 Å². The van der Waals surface area contributed by atoms with Crippen molar-refractivity contribution in [3.63, 3.8) is 0 Å². The van der Waals surface area contributed by atoms with E-state index in [2.05, 4.69) is 20.7 Å². The first-order valence-corrected chi connectivity index (χ1v) is 11.6. The minimum Gasteiger partial charge on any atom is -0.394 e. The van der Waals surface area contributed by atoms with Crippen molar-refractivity contribution in [2.24, 2.45) is 5.92 Å². The molecule has 2 heterocycles. The molecule has 8 nitrogen and oxygen atoms in total. The maximum atomic E-state index is 13.0. The Morgan fingerprint density at radius 3 is 2.56 bits per heavy atom. The number of nitrogens with zero attached hydrogens (tertiary/aromatic N) is 3. The summed E-state index contributed by atoms with van der Waals surface area (Å²) in [7, 11) is 0. The molecule has 2 amide bonds. The summed E-state index contributed by atoms with van der Waals surface area (Å²) in [5.41, 5.74) is 0.705. The number of carbonyl (C=O) groups is 2. The standard InChI is InChI=1S/C22H28ClN5O3S/c1-12(2)9-15(11-29)24-20(31)16-17-18(28(27-16)22(3,4)5)25-21(32-17)26-19(30)13-7-6-8-14(23)10-13/h6-8,10,12,15,29H,9,11H2,1-5H3,(H,24,31)(H,25,26,30)/t15-/m1/s1. The number of anilines is 1. The molecule has 0 saturated heterocycles. The molecule has 172 valence electrons. The van der Waals surface area contributed by atoms with E-state index >= 15 is 0 Å². The highest BCUT2D eigenvalue weighted by Gasteiger charge is 2.28. The van der Waals surface area contributed by atoms with Crippen LogP contribution in [0, 0.1) is 5.92 Å². The molecular formula is C22H28ClN5O3S. The zero-order valence-corrected chi connectivity index (χ0v) is 20.3. The third kappa shape index (κ3) is 5.46. The summed E-state index contributed by atoms with van der Waals surface area (Å²) in [6, 6.07) is 6.26. The molecule has 10 heteroatoms. The molecule has 0 aliphatic rings. The average molecular weight is 478 g/mol. The van der Waals surface area contributed by atoms with Crippen LogP contribution in [-0.2, 0) is 5.54 Å². The Hall–Kier alpha value is -2.49. The molecule has 3 N–H and O–H groups in total. The molecule has 0 unspecified atom stereocenters. The number of hydrogen-bond acceptors (Lipinski definition) is 6. The van der Waals surface area contributed by atoms with Gasteiger partial charge in [-0.15, -0.1) is 0 Å². The average Bonchev–Trinajstić information content (AvgIpc) is 3.24. The molecule has 1 aromatic carbocycles. The van der Waals surface area contributed by atoms with Crippen LogP contribution in [0.4, 0.5) is 5.13 Å². The summed E-state index contributed by atoms with van der Waals surface area (Å²) in [4.78, 5) is 30.2. The van der Waals surface area contributed by atoms with Crippen LogP contribution in [-0.4, -0.2) is 44.3 Å². The second-order valence-electron chi connectivity index (χ2n) is 9.05. The fourth-order valence-electron chi connectivity index (χ4n) is 3.27. The minimum atomic E-state index is -0.437. The molecule has 0 bridgehead atoms. The van der Waals surface area contributed by atoms with Gasteiger partial charge in [-0.3, -0.25) is 14.9 Å². The second-order valence-corrected chi connectivity index (χ2v) is 10.5. The highest BCUT2D eigenvalue weighted by Crippen LogP contribution is 2.32. The zero-order valence-electron chi connectivity index (χ0n) is 18.8. The number of aromatic nitrogens is 3. The van der Waals surface area contributed by atoms with Crippen molar-refractivity contribution < 1.29 is 14.7 Å². The summed E-state index contributed by atoms with van der Waals surface area (Å²) in [6.07, 6.45) is 0.648. The zero-order chi connectivity index (χ0) is 23.6. The Balaban J connectivity index is 1.95. The van der Waals surface area contributed by atoms with E-state index in [4.69, 9.17) is 11.6 Å². The van der Waals surface area contributed by atoms with E-state index < -0.39 is 5.54 Å². The molecule has 0 aliphatic carbocycles. The Labute approximate surface area is 196 Å². The summed E-state index contributed by atoms with van der Waals surface area (Å²) < 4.78 is 2.25. The number of aliphatic hydroxyl groups excluding tert-OH is 1. The third-order valence-corrected chi connectivity index (χ3v) is 5.90. The van der Waals surface area contributed by atoms with E-state index in [1.54, 1.807) is 28.9 Å². The molecule has 0 radical (unpaired) electrons.